The van der Waals surface area contributed by atoms with Gasteiger partial charge in [0.25, 0.3) is 0 Å². The third kappa shape index (κ3) is 2.44. The molecule has 1 aromatic rings. The molecule has 1 amide bonds. The average molecular weight is 298 g/mol. The Kier molecular flexibility index (Phi) is 3.73. The molecule has 110 valence electrons. The van der Waals surface area contributed by atoms with E-state index in [0.29, 0.717) is 29.9 Å². The fourth-order valence-corrected chi connectivity index (χ4v) is 3.81. The van der Waals surface area contributed by atoms with Crippen molar-refractivity contribution >= 4 is 17.5 Å². The highest BCUT2D eigenvalue weighted by atomic mass is 35.5. The molecule has 6 heteroatoms. The standard InChI is InChI=1S/C14H20ClN3O2/c1-8-10(14(15)20-17-8)3-5-13(19)18-6-9-2-4-12(16)11(9)7-18/h9,11-12H,2-7,16H2,1H3. The van der Waals surface area contributed by atoms with Crippen LogP contribution in [-0.2, 0) is 11.2 Å². The molecule has 2 aliphatic rings. The largest absolute Gasteiger partial charge is 0.344 e. The Morgan fingerprint density at radius 3 is 2.95 bits per heavy atom. The minimum Gasteiger partial charge on any atom is -0.344 e. The van der Waals surface area contributed by atoms with Gasteiger partial charge in [-0.1, -0.05) is 5.16 Å². The lowest BCUT2D eigenvalue weighted by Gasteiger charge is -2.18. The van der Waals surface area contributed by atoms with E-state index in [2.05, 4.69) is 5.16 Å². The van der Waals surface area contributed by atoms with Crippen molar-refractivity contribution in [1.82, 2.24) is 10.1 Å². The maximum atomic E-state index is 12.3. The van der Waals surface area contributed by atoms with Crippen LogP contribution in [0.15, 0.2) is 4.52 Å². The molecule has 20 heavy (non-hydrogen) atoms. The van der Waals surface area contributed by atoms with Crippen LogP contribution in [0.5, 0.6) is 0 Å². The van der Waals surface area contributed by atoms with E-state index in [1.807, 2.05) is 11.8 Å². The third-order valence-corrected chi connectivity index (χ3v) is 5.09. The smallest absolute Gasteiger partial charge is 0.229 e. The number of fused-ring (bicyclic) bond motifs is 1. The first-order valence-corrected chi connectivity index (χ1v) is 7.58. The van der Waals surface area contributed by atoms with Gasteiger partial charge < -0.3 is 15.2 Å². The van der Waals surface area contributed by atoms with E-state index in [9.17, 15) is 4.79 Å². The zero-order chi connectivity index (χ0) is 14.3. The number of likely N-dealkylation sites (tertiary alicyclic amines) is 1. The van der Waals surface area contributed by atoms with Crippen LogP contribution in [0.3, 0.4) is 0 Å². The second kappa shape index (κ2) is 5.37. The predicted octanol–water partition coefficient (Wildman–Crippen LogP) is 1.76. The number of nitrogens with two attached hydrogens (primary N) is 1. The van der Waals surface area contributed by atoms with Gasteiger partial charge in [-0.05, 0) is 49.6 Å². The van der Waals surface area contributed by atoms with E-state index in [4.69, 9.17) is 21.9 Å². The van der Waals surface area contributed by atoms with Gasteiger partial charge in [-0.25, -0.2) is 0 Å². The van der Waals surface area contributed by atoms with Crippen LogP contribution >= 0.6 is 11.6 Å². The van der Waals surface area contributed by atoms with Gasteiger partial charge in [0, 0.05) is 31.1 Å². The van der Waals surface area contributed by atoms with Crippen molar-refractivity contribution in [2.75, 3.05) is 13.1 Å². The topological polar surface area (TPSA) is 72.4 Å². The predicted molar refractivity (Wildman–Crippen MR) is 75.3 cm³/mol. The van der Waals surface area contributed by atoms with Crippen LogP contribution in [0.1, 0.15) is 30.5 Å². The zero-order valence-corrected chi connectivity index (χ0v) is 12.4. The first kappa shape index (κ1) is 13.9. The summed E-state index contributed by atoms with van der Waals surface area (Å²) in [4.78, 5) is 14.3. The fourth-order valence-electron chi connectivity index (χ4n) is 3.54. The summed E-state index contributed by atoms with van der Waals surface area (Å²) in [6.07, 6.45) is 3.31. The summed E-state index contributed by atoms with van der Waals surface area (Å²) in [5.74, 6) is 1.29. The van der Waals surface area contributed by atoms with E-state index < -0.39 is 0 Å². The molecule has 0 spiro atoms. The Hall–Kier alpha value is -1.07. The molecule has 0 bridgehead atoms. The highest BCUT2D eigenvalue weighted by Gasteiger charge is 2.42. The average Bonchev–Trinajstić information content (AvgIpc) is 3.06. The molecule has 2 heterocycles. The summed E-state index contributed by atoms with van der Waals surface area (Å²) in [7, 11) is 0. The minimum atomic E-state index is 0.184. The van der Waals surface area contributed by atoms with Crippen LogP contribution in [0, 0.1) is 18.8 Å². The van der Waals surface area contributed by atoms with Crippen molar-refractivity contribution in [2.45, 2.75) is 38.6 Å². The van der Waals surface area contributed by atoms with Gasteiger partial charge >= 0.3 is 0 Å². The van der Waals surface area contributed by atoms with Gasteiger partial charge in [0.2, 0.25) is 11.1 Å². The van der Waals surface area contributed by atoms with Crippen LogP contribution in [0.25, 0.3) is 0 Å². The first-order chi connectivity index (χ1) is 9.56. The second-order valence-corrected chi connectivity index (χ2v) is 6.33. The van der Waals surface area contributed by atoms with Gasteiger partial charge in [-0.15, -0.1) is 0 Å². The van der Waals surface area contributed by atoms with Gasteiger partial charge in [0.15, 0.2) is 0 Å². The molecular formula is C14H20ClN3O2. The van der Waals surface area contributed by atoms with E-state index in [0.717, 1.165) is 37.2 Å². The summed E-state index contributed by atoms with van der Waals surface area (Å²) in [6.45, 7) is 3.53. The van der Waals surface area contributed by atoms with Crippen molar-refractivity contribution in [1.29, 1.82) is 0 Å². The Labute approximate surface area is 123 Å². The molecule has 3 atom stereocenters. The molecule has 1 aliphatic heterocycles. The molecule has 0 radical (unpaired) electrons. The number of hydrogen-bond acceptors (Lipinski definition) is 4. The number of hydrogen-bond donors (Lipinski definition) is 1. The maximum absolute atomic E-state index is 12.3. The Morgan fingerprint density at radius 1 is 1.50 bits per heavy atom. The van der Waals surface area contributed by atoms with Crippen molar-refractivity contribution < 1.29 is 9.32 Å². The monoisotopic (exact) mass is 297 g/mol. The van der Waals surface area contributed by atoms with E-state index in [1.54, 1.807) is 0 Å². The fraction of sp³-hybridized carbons (Fsp3) is 0.714. The van der Waals surface area contributed by atoms with Gasteiger partial charge in [-0.3, -0.25) is 4.79 Å². The van der Waals surface area contributed by atoms with Crippen LogP contribution in [-0.4, -0.2) is 35.1 Å². The van der Waals surface area contributed by atoms with Crippen molar-refractivity contribution in [2.24, 2.45) is 17.6 Å². The van der Waals surface area contributed by atoms with E-state index >= 15 is 0 Å². The lowest BCUT2D eigenvalue weighted by molar-refractivity contribution is -0.130. The molecule has 1 aliphatic carbocycles. The molecule has 5 nitrogen and oxygen atoms in total. The molecule has 2 fully saturated rings. The normalized spacial score (nSPS) is 28.9. The van der Waals surface area contributed by atoms with Gasteiger partial charge in [-0.2, -0.15) is 0 Å². The van der Waals surface area contributed by atoms with E-state index in [1.165, 1.54) is 0 Å². The summed E-state index contributed by atoms with van der Waals surface area (Å²) in [5, 5.41) is 4.10. The number of aryl methyl sites for hydroxylation is 1. The zero-order valence-electron chi connectivity index (χ0n) is 11.6. The number of nitrogens with zero attached hydrogens (tertiary/aromatic N) is 2. The van der Waals surface area contributed by atoms with Crippen molar-refractivity contribution in [3.05, 3.63) is 16.5 Å². The van der Waals surface area contributed by atoms with E-state index in [-0.39, 0.29) is 11.9 Å². The number of halogens is 1. The minimum absolute atomic E-state index is 0.184. The lowest BCUT2D eigenvalue weighted by atomic mass is 9.98. The highest BCUT2D eigenvalue weighted by Crippen LogP contribution is 2.37. The summed E-state index contributed by atoms with van der Waals surface area (Å²) < 4.78 is 4.90. The molecule has 1 saturated carbocycles. The van der Waals surface area contributed by atoms with Gasteiger partial charge in [0.1, 0.15) is 0 Å². The number of carbonyl (C=O) groups is 1. The van der Waals surface area contributed by atoms with Gasteiger partial charge in [0.05, 0.1) is 5.69 Å². The molecule has 2 N–H and O–H groups in total. The van der Waals surface area contributed by atoms with Crippen LogP contribution in [0.4, 0.5) is 0 Å². The summed E-state index contributed by atoms with van der Waals surface area (Å²) in [6, 6.07) is 0.271. The highest BCUT2D eigenvalue weighted by molar-refractivity contribution is 6.29. The quantitative estimate of drug-likeness (QED) is 0.923. The molecular weight excluding hydrogens is 278 g/mol. The Balaban J connectivity index is 1.56. The number of amides is 1. The molecule has 1 saturated heterocycles. The maximum Gasteiger partial charge on any atom is 0.229 e. The molecule has 1 aromatic heterocycles. The number of aromatic nitrogens is 1. The third-order valence-electron chi connectivity index (χ3n) is 4.79. The number of carbonyl (C=O) groups excluding carboxylic acids is 1. The summed E-state index contributed by atoms with van der Waals surface area (Å²) >= 11 is 5.91. The Morgan fingerprint density at radius 2 is 2.30 bits per heavy atom. The van der Waals surface area contributed by atoms with Crippen molar-refractivity contribution in [3.8, 4) is 0 Å². The van der Waals surface area contributed by atoms with Crippen LogP contribution in [0.2, 0.25) is 5.22 Å². The van der Waals surface area contributed by atoms with Crippen molar-refractivity contribution in [3.63, 3.8) is 0 Å². The molecule has 3 rings (SSSR count). The summed E-state index contributed by atoms with van der Waals surface area (Å²) in [5.41, 5.74) is 7.71. The lowest BCUT2D eigenvalue weighted by Crippen LogP contribution is -2.33. The first-order valence-electron chi connectivity index (χ1n) is 7.20. The Bertz CT molecular complexity index is 497. The van der Waals surface area contributed by atoms with Crippen LogP contribution < -0.4 is 5.73 Å². The second-order valence-electron chi connectivity index (χ2n) is 5.98. The SMILES string of the molecule is Cc1noc(Cl)c1CCC(=O)N1CC2CCC(N)C2C1. The number of rotatable bonds is 3. The molecule has 0 aromatic carbocycles. The molecule has 3 unspecified atom stereocenters.